The lowest BCUT2D eigenvalue weighted by molar-refractivity contribution is -0.129. The molecule has 0 aromatic carbocycles. The van der Waals surface area contributed by atoms with Crippen LogP contribution in [0.2, 0.25) is 0 Å². The zero-order chi connectivity index (χ0) is 16.9. The predicted molar refractivity (Wildman–Crippen MR) is 87.4 cm³/mol. The van der Waals surface area contributed by atoms with Crippen LogP contribution in [0.4, 0.5) is 5.95 Å². The summed E-state index contributed by atoms with van der Waals surface area (Å²) in [7, 11) is 0. The van der Waals surface area contributed by atoms with Gasteiger partial charge >= 0.3 is 0 Å². The average Bonchev–Trinajstić information content (AvgIpc) is 2.60. The molecule has 130 valence electrons. The van der Waals surface area contributed by atoms with E-state index in [1.165, 1.54) is 0 Å². The highest BCUT2D eigenvalue weighted by atomic mass is 16.5. The predicted octanol–water partition coefficient (Wildman–Crippen LogP) is -0.236. The molecule has 24 heavy (non-hydrogen) atoms. The number of nitrogens with zero attached hydrogens (tertiary/aromatic N) is 3. The third-order valence-corrected chi connectivity index (χ3v) is 4.27. The van der Waals surface area contributed by atoms with Gasteiger partial charge in [-0.1, -0.05) is 0 Å². The van der Waals surface area contributed by atoms with Gasteiger partial charge in [-0.25, -0.2) is 9.97 Å². The van der Waals surface area contributed by atoms with Crippen molar-refractivity contribution in [3.8, 4) is 0 Å². The summed E-state index contributed by atoms with van der Waals surface area (Å²) < 4.78 is 5.35. The maximum Gasteiger partial charge on any atom is 0.225 e. The van der Waals surface area contributed by atoms with Crippen molar-refractivity contribution in [3.05, 3.63) is 17.5 Å². The van der Waals surface area contributed by atoms with Gasteiger partial charge < -0.3 is 20.3 Å². The van der Waals surface area contributed by atoms with E-state index in [1.54, 1.807) is 0 Å². The van der Waals surface area contributed by atoms with Crippen LogP contribution in [-0.2, 0) is 20.9 Å². The van der Waals surface area contributed by atoms with Gasteiger partial charge in [0.15, 0.2) is 0 Å². The summed E-state index contributed by atoms with van der Waals surface area (Å²) in [6, 6.07) is 1.88. The standard InChI is InChI=1S/C16H23N5O3/c1-11-8-13(20-16(19-11)21-4-6-24-7-5-21)10-18-15(23)12-2-3-14(22)17-9-12/h8,12H,2-7,9-10H2,1H3,(H,17,22)(H,18,23). The molecule has 1 unspecified atom stereocenters. The average molecular weight is 333 g/mol. The number of anilines is 1. The monoisotopic (exact) mass is 333 g/mol. The summed E-state index contributed by atoms with van der Waals surface area (Å²) in [5, 5.41) is 5.65. The highest BCUT2D eigenvalue weighted by Gasteiger charge is 2.24. The molecule has 1 atom stereocenters. The number of ether oxygens (including phenoxy) is 1. The first-order valence-electron chi connectivity index (χ1n) is 8.33. The lowest BCUT2D eigenvalue weighted by atomic mass is 9.98. The van der Waals surface area contributed by atoms with Crippen LogP contribution >= 0.6 is 0 Å². The first-order valence-corrected chi connectivity index (χ1v) is 8.33. The summed E-state index contributed by atoms with van der Waals surface area (Å²) in [6.07, 6.45) is 1.01. The molecule has 8 heteroatoms. The van der Waals surface area contributed by atoms with Crippen LogP contribution in [0, 0.1) is 12.8 Å². The Morgan fingerprint density at radius 2 is 2.21 bits per heavy atom. The van der Waals surface area contributed by atoms with Crippen molar-refractivity contribution in [2.45, 2.75) is 26.3 Å². The van der Waals surface area contributed by atoms with E-state index in [4.69, 9.17) is 4.74 Å². The van der Waals surface area contributed by atoms with E-state index in [2.05, 4.69) is 25.5 Å². The molecule has 2 aliphatic heterocycles. The Labute approximate surface area is 141 Å². The molecule has 2 amide bonds. The van der Waals surface area contributed by atoms with E-state index in [1.807, 2.05) is 13.0 Å². The third-order valence-electron chi connectivity index (χ3n) is 4.27. The van der Waals surface area contributed by atoms with E-state index in [9.17, 15) is 9.59 Å². The van der Waals surface area contributed by atoms with Crippen LogP contribution in [0.15, 0.2) is 6.07 Å². The fourth-order valence-corrected chi connectivity index (χ4v) is 2.89. The molecule has 2 N–H and O–H groups in total. The van der Waals surface area contributed by atoms with Gasteiger partial charge in [0.2, 0.25) is 17.8 Å². The van der Waals surface area contributed by atoms with Crippen molar-refractivity contribution in [3.63, 3.8) is 0 Å². The SMILES string of the molecule is Cc1cc(CNC(=O)C2CCC(=O)NC2)nc(N2CCOCC2)n1. The number of rotatable bonds is 4. The van der Waals surface area contributed by atoms with Gasteiger partial charge in [-0.15, -0.1) is 0 Å². The minimum atomic E-state index is -0.163. The quantitative estimate of drug-likeness (QED) is 0.790. The van der Waals surface area contributed by atoms with E-state index < -0.39 is 0 Å². The van der Waals surface area contributed by atoms with Gasteiger partial charge in [0.25, 0.3) is 0 Å². The first-order chi connectivity index (χ1) is 11.6. The maximum atomic E-state index is 12.2. The summed E-state index contributed by atoms with van der Waals surface area (Å²) in [4.78, 5) is 34.5. The number of carbonyl (C=O) groups is 2. The lowest BCUT2D eigenvalue weighted by Gasteiger charge is -2.27. The molecule has 2 saturated heterocycles. The van der Waals surface area contributed by atoms with Gasteiger partial charge in [0.1, 0.15) is 0 Å². The number of aryl methyl sites for hydroxylation is 1. The summed E-state index contributed by atoms with van der Waals surface area (Å²) in [6.45, 7) is 5.60. The first kappa shape index (κ1) is 16.6. The number of carbonyl (C=O) groups excluding carboxylic acids is 2. The Bertz CT molecular complexity index is 606. The molecule has 8 nitrogen and oxygen atoms in total. The zero-order valence-electron chi connectivity index (χ0n) is 13.9. The maximum absolute atomic E-state index is 12.2. The Balaban J connectivity index is 1.59. The number of morpholine rings is 1. The minimum absolute atomic E-state index is 0.0145. The Kier molecular flexibility index (Phi) is 5.24. The zero-order valence-corrected chi connectivity index (χ0v) is 13.9. The Morgan fingerprint density at radius 3 is 2.92 bits per heavy atom. The van der Waals surface area contributed by atoms with Gasteiger partial charge in [-0.05, 0) is 19.4 Å². The van der Waals surface area contributed by atoms with Gasteiger partial charge in [0.05, 0.1) is 31.4 Å². The van der Waals surface area contributed by atoms with Crippen LogP contribution in [0.5, 0.6) is 0 Å². The number of hydrogen-bond donors (Lipinski definition) is 2. The molecule has 3 rings (SSSR count). The smallest absolute Gasteiger partial charge is 0.225 e. The van der Waals surface area contributed by atoms with Crippen molar-refractivity contribution >= 4 is 17.8 Å². The molecule has 1 aromatic rings. The largest absolute Gasteiger partial charge is 0.378 e. The van der Waals surface area contributed by atoms with Gasteiger partial charge in [0, 0.05) is 31.7 Å². The summed E-state index contributed by atoms with van der Waals surface area (Å²) in [5.41, 5.74) is 1.66. The van der Waals surface area contributed by atoms with Gasteiger partial charge in [-0.3, -0.25) is 9.59 Å². The highest BCUT2D eigenvalue weighted by molar-refractivity contribution is 5.83. The molecular weight excluding hydrogens is 310 g/mol. The molecule has 0 bridgehead atoms. The normalized spacial score (nSPS) is 21.3. The second kappa shape index (κ2) is 7.57. The second-order valence-electron chi connectivity index (χ2n) is 6.16. The number of piperidine rings is 1. The molecule has 2 fully saturated rings. The van der Waals surface area contributed by atoms with E-state index in [0.29, 0.717) is 45.1 Å². The van der Waals surface area contributed by atoms with Crippen LogP contribution in [0.3, 0.4) is 0 Å². The Morgan fingerprint density at radius 1 is 1.42 bits per heavy atom. The molecule has 2 aliphatic rings. The number of nitrogens with one attached hydrogen (secondary N) is 2. The molecule has 0 spiro atoms. The molecule has 0 radical (unpaired) electrons. The number of amides is 2. The second-order valence-corrected chi connectivity index (χ2v) is 6.16. The fraction of sp³-hybridized carbons (Fsp3) is 0.625. The number of aromatic nitrogens is 2. The van der Waals surface area contributed by atoms with E-state index in [0.717, 1.165) is 24.5 Å². The summed E-state index contributed by atoms with van der Waals surface area (Å²) >= 11 is 0. The van der Waals surface area contributed by atoms with Crippen molar-refractivity contribution in [1.82, 2.24) is 20.6 Å². The van der Waals surface area contributed by atoms with Crippen molar-refractivity contribution in [2.24, 2.45) is 5.92 Å². The van der Waals surface area contributed by atoms with Crippen LogP contribution in [-0.4, -0.2) is 54.6 Å². The molecule has 0 aliphatic carbocycles. The lowest BCUT2D eigenvalue weighted by Crippen LogP contribution is -2.42. The van der Waals surface area contributed by atoms with Crippen LogP contribution in [0.1, 0.15) is 24.2 Å². The van der Waals surface area contributed by atoms with Crippen molar-refractivity contribution in [1.29, 1.82) is 0 Å². The molecule has 1 aromatic heterocycles. The van der Waals surface area contributed by atoms with Crippen molar-refractivity contribution < 1.29 is 14.3 Å². The molecule has 3 heterocycles. The summed E-state index contributed by atoms with van der Waals surface area (Å²) in [5.74, 6) is 0.497. The molecular formula is C16H23N5O3. The highest BCUT2D eigenvalue weighted by Crippen LogP contribution is 2.13. The topological polar surface area (TPSA) is 96.5 Å². The fourth-order valence-electron chi connectivity index (χ4n) is 2.89. The van der Waals surface area contributed by atoms with Crippen molar-refractivity contribution in [2.75, 3.05) is 37.7 Å². The van der Waals surface area contributed by atoms with Crippen LogP contribution < -0.4 is 15.5 Å². The van der Waals surface area contributed by atoms with E-state index >= 15 is 0 Å². The third kappa shape index (κ3) is 4.19. The van der Waals surface area contributed by atoms with E-state index in [-0.39, 0.29) is 17.7 Å². The van der Waals surface area contributed by atoms with Gasteiger partial charge in [-0.2, -0.15) is 0 Å². The molecule has 0 saturated carbocycles. The van der Waals surface area contributed by atoms with Crippen LogP contribution in [0.25, 0.3) is 0 Å². The Hall–Kier alpha value is -2.22. The number of hydrogen-bond acceptors (Lipinski definition) is 6. The minimum Gasteiger partial charge on any atom is -0.378 e.